The van der Waals surface area contributed by atoms with Gasteiger partial charge in [0, 0.05) is 24.5 Å². The van der Waals surface area contributed by atoms with E-state index in [0.717, 1.165) is 10.3 Å². The molecule has 3 N–H and O–H groups in total. The van der Waals surface area contributed by atoms with Gasteiger partial charge in [-0.25, -0.2) is 9.98 Å². The Morgan fingerprint density at radius 3 is 2.67 bits per heavy atom. The number of nitrogens with zero attached hydrogens (tertiary/aromatic N) is 3. The molecule has 2 aromatic rings. The third kappa shape index (κ3) is 6.16. The summed E-state index contributed by atoms with van der Waals surface area (Å²) in [5.41, 5.74) is -0.494. The van der Waals surface area contributed by atoms with E-state index in [2.05, 4.69) is 20.6 Å². The van der Waals surface area contributed by atoms with Gasteiger partial charge in [-0.15, -0.1) is 24.0 Å². The summed E-state index contributed by atoms with van der Waals surface area (Å²) in [6.45, 7) is 5.24. The van der Waals surface area contributed by atoms with Crippen LogP contribution in [0.25, 0.3) is 0 Å². The second-order valence-electron chi connectivity index (χ2n) is 6.18. The predicted octanol–water partition coefficient (Wildman–Crippen LogP) is 3.07. The number of halogens is 3. The Hall–Kier alpha value is -1.69. The third-order valence-electron chi connectivity index (χ3n) is 3.90. The average molecular weight is 497 g/mol. The van der Waals surface area contributed by atoms with Gasteiger partial charge in [0.05, 0.1) is 6.54 Å². The summed E-state index contributed by atoms with van der Waals surface area (Å²) >= 11 is 0. The molecule has 0 bridgehead atoms. The standard InChI is InChI=1S/C17H25F2N5O2.HI/c1-5-20-16(22-9-14-21-6-7-24(14)15(18)19)23-10-17(4,25)13-8-11(2)26-12(13)3;/h6-8,15,25H,5,9-10H2,1-4H3,(H2,20,22,23);1H. The minimum atomic E-state index is -2.66. The Kier molecular flexibility index (Phi) is 8.66. The van der Waals surface area contributed by atoms with Gasteiger partial charge in [0.2, 0.25) is 0 Å². The fraction of sp³-hybridized carbons (Fsp3) is 0.529. The molecule has 2 rings (SSSR count). The lowest BCUT2D eigenvalue weighted by molar-refractivity contribution is 0.0601. The lowest BCUT2D eigenvalue weighted by Gasteiger charge is -2.24. The molecule has 0 radical (unpaired) electrons. The molecule has 0 saturated carbocycles. The quantitative estimate of drug-likeness (QED) is 0.311. The van der Waals surface area contributed by atoms with E-state index in [-0.39, 0.29) is 42.9 Å². The first kappa shape index (κ1) is 23.3. The minimum absolute atomic E-state index is 0. The molecule has 10 heteroatoms. The second kappa shape index (κ2) is 10.0. The molecular weight excluding hydrogens is 471 g/mol. The van der Waals surface area contributed by atoms with Gasteiger partial charge in [-0.2, -0.15) is 8.78 Å². The lowest BCUT2D eigenvalue weighted by Crippen LogP contribution is -2.44. The predicted molar refractivity (Wildman–Crippen MR) is 109 cm³/mol. The van der Waals surface area contributed by atoms with Crippen LogP contribution in [0.2, 0.25) is 0 Å². The molecule has 7 nitrogen and oxygen atoms in total. The van der Waals surface area contributed by atoms with E-state index in [1.165, 1.54) is 12.4 Å². The summed E-state index contributed by atoms with van der Waals surface area (Å²) in [5, 5.41) is 16.8. The summed E-state index contributed by atoms with van der Waals surface area (Å²) in [4.78, 5) is 8.17. The molecular formula is C17H26F2IN5O2. The van der Waals surface area contributed by atoms with Crippen molar-refractivity contribution in [1.29, 1.82) is 0 Å². The highest BCUT2D eigenvalue weighted by atomic mass is 127. The number of nitrogens with one attached hydrogen (secondary N) is 2. The topological polar surface area (TPSA) is 87.6 Å². The molecule has 1 unspecified atom stereocenters. The van der Waals surface area contributed by atoms with Gasteiger partial charge in [-0.05, 0) is 33.8 Å². The van der Waals surface area contributed by atoms with Crippen molar-refractivity contribution in [2.45, 2.75) is 46.4 Å². The highest BCUT2D eigenvalue weighted by Gasteiger charge is 2.27. The molecule has 2 heterocycles. The average Bonchev–Trinajstić information content (AvgIpc) is 3.16. The number of hydrogen-bond donors (Lipinski definition) is 3. The highest BCUT2D eigenvalue weighted by Crippen LogP contribution is 2.26. The number of aliphatic hydroxyl groups is 1. The maximum absolute atomic E-state index is 12.9. The van der Waals surface area contributed by atoms with E-state index in [9.17, 15) is 13.9 Å². The summed E-state index contributed by atoms with van der Waals surface area (Å²) < 4.78 is 32.0. The van der Waals surface area contributed by atoms with E-state index in [1.807, 2.05) is 13.8 Å². The molecule has 0 fully saturated rings. The minimum Gasteiger partial charge on any atom is -0.466 e. The maximum Gasteiger partial charge on any atom is 0.319 e. The number of alkyl halides is 2. The SMILES string of the molecule is CCNC(=NCc1nccn1C(F)F)NCC(C)(O)c1cc(C)oc1C.I. The van der Waals surface area contributed by atoms with Crippen LogP contribution >= 0.6 is 24.0 Å². The second-order valence-corrected chi connectivity index (χ2v) is 6.18. The van der Waals surface area contributed by atoms with E-state index in [4.69, 9.17) is 4.42 Å². The normalized spacial score (nSPS) is 14.0. The van der Waals surface area contributed by atoms with Gasteiger partial charge in [0.1, 0.15) is 29.5 Å². The molecule has 0 aromatic carbocycles. The molecule has 0 spiro atoms. The summed E-state index contributed by atoms with van der Waals surface area (Å²) in [6.07, 6.45) is 2.52. The first-order valence-corrected chi connectivity index (χ1v) is 8.36. The van der Waals surface area contributed by atoms with Crippen molar-refractivity contribution in [2.24, 2.45) is 4.99 Å². The number of furan rings is 1. The largest absolute Gasteiger partial charge is 0.466 e. The summed E-state index contributed by atoms with van der Waals surface area (Å²) in [6, 6.07) is 1.79. The summed E-state index contributed by atoms with van der Waals surface area (Å²) in [7, 11) is 0. The van der Waals surface area contributed by atoms with Gasteiger partial charge in [-0.3, -0.25) is 4.57 Å². The monoisotopic (exact) mass is 497 g/mol. The van der Waals surface area contributed by atoms with Crippen molar-refractivity contribution in [3.8, 4) is 0 Å². The molecule has 27 heavy (non-hydrogen) atoms. The Morgan fingerprint density at radius 2 is 2.11 bits per heavy atom. The van der Waals surface area contributed by atoms with Gasteiger partial charge in [-0.1, -0.05) is 0 Å². The molecule has 0 aliphatic carbocycles. The zero-order valence-electron chi connectivity index (χ0n) is 15.8. The summed E-state index contributed by atoms with van der Waals surface area (Å²) in [5.74, 6) is 1.92. The van der Waals surface area contributed by atoms with Gasteiger partial charge in [0.25, 0.3) is 0 Å². The van der Waals surface area contributed by atoms with E-state index >= 15 is 0 Å². The van der Waals surface area contributed by atoms with Crippen molar-refractivity contribution in [3.05, 3.63) is 41.4 Å². The first-order chi connectivity index (χ1) is 12.2. The lowest BCUT2D eigenvalue weighted by atomic mass is 9.96. The van der Waals surface area contributed by atoms with E-state index in [1.54, 1.807) is 19.9 Å². The fourth-order valence-electron chi connectivity index (χ4n) is 2.65. The van der Waals surface area contributed by atoms with Crippen LogP contribution in [0, 0.1) is 13.8 Å². The number of rotatable bonds is 7. The molecule has 152 valence electrons. The van der Waals surface area contributed by atoms with Crippen LogP contribution in [0.15, 0.2) is 27.9 Å². The Balaban J connectivity index is 0.00000364. The van der Waals surface area contributed by atoms with Crippen LogP contribution in [-0.4, -0.2) is 33.7 Å². The molecule has 0 aliphatic heterocycles. The van der Waals surface area contributed by atoms with Gasteiger partial charge in [0.15, 0.2) is 5.96 Å². The van der Waals surface area contributed by atoms with E-state index < -0.39 is 12.2 Å². The molecule has 0 aliphatic rings. The van der Waals surface area contributed by atoms with Crippen LogP contribution in [-0.2, 0) is 12.1 Å². The van der Waals surface area contributed by atoms with Crippen molar-refractivity contribution in [2.75, 3.05) is 13.1 Å². The van der Waals surface area contributed by atoms with Crippen molar-refractivity contribution < 1.29 is 18.3 Å². The van der Waals surface area contributed by atoms with Crippen LogP contribution in [0.4, 0.5) is 8.78 Å². The number of aliphatic imine (C=N–C) groups is 1. The smallest absolute Gasteiger partial charge is 0.319 e. The number of aromatic nitrogens is 2. The molecule has 0 saturated heterocycles. The van der Waals surface area contributed by atoms with Crippen molar-refractivity contribution in [3.63, 3.8) is 0 Å². The number of aryl methyl sites for hydroxylation is 2. The highest BCUT2D eigenvalue weighted by molar-refractivity contribution is 14.0. The fourth-order valence-corrected chi connectivity index (χ4v) is 2.65. The van der Waals surface area contributed by atoms with Crippen molar-refractivity contribution >= 4 is 29.9 Å². The van der Waals surface area contributed by atoms with Gasteiger partial charge >= 0.3 is 6.55 Å². The number of imidazole rings is 1. The van der Waals surface area contributed by atoms with Crippen LogP contribution in [0.3, 0.4) is 0 Å². The van der Waals surface area contributed by atoms with E-state index in [0.29, 0.717) is 23.8 Å². The Labute approximate surface area is 174 Å². The van der Waals surface area contributed by atoms with Gasteiger partial charge < -0.3 is 20.2 Å². The molecule has 2 aromatic heterocycles. The zero-order valence-corrected chi connectivity index (χ0v) is 18.1. The van der Waals surface area contributed by atoms with Crippen LogP contribution in [0.1, 0.15) is 43.3 Å². The van der Waals surface area contributed by atoms with Crippen LogP contribution < -0.4 is 10.6 Å². The Morgan fingerprint density at radius 1 is 1.41 bits per heavy atom. The molecule has 0 amide bonds. The Bertz CT molecular complexity index is 758. The number of guanidine groups is 1. The van der Waals surface area contributed by atoms with Crippen molar-refractivity contribution in [1.82, 2.24) is 20.2 Å². The molecule has 1 atom stereocenters. The van der Waals surface area contributed by atoms with Crippen LogP contribution in [0.5, 0.6) is 0 Å². The third-order valence-corrected chi connectivity index (χ3v) is 3.90. The first-order valence-electron chi connectivity index (χ1n) is 8.36. The zero-order chi connectivity index (χ0) is 19.3. The maximum atomic E-state index is 12.9. The number of hydrogen-bond acceptors (Lipinski definition) is 4.